The second kappa shape index (κ2) is 5.31. The van der Waals surface area contributed by atoms with Gasteiger partial charge < -0.3 is 4.74 Å². The van der Waals surface area contributed by atoms with Crippen molar-refractivity contribution in [1.29, 1.82) is 0 Å². The zero-order valence-electron chi connectivity index (χ0n) is 9.26. The molecule has 0 N–H and O–H groups in total. The predicted molar refractivity (Wildman–Crippen MR) is 64.5 cm³/mol. The molecule has 0 aromatic heterocycles. The summed E-state index contributed by atoms with van der Waals surface area (Å²) in [6.45, 7) is 6.15. The van der Waals surface area contributed by atoms with E-state index in [1.165, 1.54) is 0 Å². The number of carbonyl (C=O) groups excluding carboxylic acids is 1. The van der Waals surface area contributed by atoms with E-state index in [0.29, 0.717) is 17.5 Å². The number of hydrogen-bond donors (Lipinski definition) is 0. The van der Waals surface area contributed by atoms with Crippen molar-refractivity contribution in [3.8, 4) is 0 Å². The van der Waals surface area contributed by atoms with Crippen LogP contribution >= 0.6 is 15.9 Å². The molecule has 1 aromatic rings. The van der Waals surface area contributed by atoms with Gasteiger partial charge >= 0.3 is 5.97 Å². The Morgan fingerprint density at radius 1 is 1.33 bits per heavy atom. The molecular formula is C12H15BrO2. The molecular weight excluding hydrogens is 256 g/mol. The van der Waals surface area contributed by atoms with Gasteiger partial charge in [-0.25, -0.2) is 4.79 Å². The zero-order valence-corrected chi connectivity index (χ0v) is 10.8. The fourth-order valence-corrected chi connectivity index (χ4v) is 2.25. The van der Waals surface area contributed by atoms with Gasteiger partial charge in [-0.2, -0.15) is 0 Å². The summed E-state index contributed by atoms with van der Waals surface area (Å²) in [7, 11) is 0. The molecule has 0 heterocycles. The summed E-state index contributed by atoms with van der Waals surface area (Å²) in [6, 6.07) is 3.97. The molecule has 0 bridgehead atoms. The molecule has 2 nitrogen and oxygen atoms in total. The highest BCUT2D eigenvalue weighted by molar-refractivity contribution is 9.08. The number of aryl methyl sites for hydroxylation is 2. The van der Waals surface area contributed by atoms with Crippen LogP contribution in [0.4, 0.5) is 0 Å². The van der Waals surface area contributed by atoms with Crippen LogP contribution in [0.15, 0.2) is 12.1 Å². The van der Waals surface area contributed by atoms with Crippen molar-refractivity contribution in [3.63, 3.8) is 0 Å². The second-order valence-electron chi connectivity index (χ2n) is 3.41. The van der Waals surface area contributed by atoms with Crippen LogP contribution in [0.25, 0.3) is 0 Å². The maximum absolute atomic E-state index is 11.8. The number of hydrogen-bond acceptors (Lipinski definition) is 2. The normalized spacial score (nSPS) is 10.1. The first-order chi connectivity index (χ1) is 7.11. The Kier molecular flexibility index (Phi) is 4.33. The molecule has 0 fully saturated rings. The third-order valence-corrected chi connectivity index (χ3v) is 2.93. The smallest absolute Gasteiger partial charge is 0.338 e. The van der Waals surface area contributed by atoms with Crippen molar-refractivity contribution in [2.75, 3.05) is 6.61 Å². The highest BCUT2D eigenvalue weighted by atomic mass is 79.9. The summed E-state index contributed by atoms with van der Waals surface area (Å²) < 4.78 is 5.05. The third-order valence-electron chi connectivity index (χ3n) is 2.37. The average Bonchev–Trinajstić information content (AvgIpc) is 2.21. The maximum Gasteiger partial charge on any atom is 0.338 e. The number of carbonyl (C=O) groups is 1. The molecule has 0 spiro atoms. The fourth-order valence-electron chi connectivity index (χ4n) is 1.53. The molecule has 15 heavy (non-hydrogen) atoms. The summed E-state index contributed by atoms with van der Waals surface area (Å²) in [5, 5.41) is 0.675. The van der Waals surface area contributed by atoms with Crippen LogP contribution in [0.3, 0.4) is 0 Å². The van der Waals surface area contributed by atoms with E-state index in [0.717, 1.165) is 16.7 Å². The molecule has 0 atom stereocenters. The Labute approximate surface area is 98.8 Å². The lowest BCUT2D eigenvalue weighted by molar-refractivity contribution is 0.0524. The van der Waals surface area contributed by atoms with Crippen molar-refractivity contribution >= 4 is 21.9 Å². The molecule has 3 heteroatoms. The van der Waals surface area contributed by atoms with Crippen molar-refractivity contribution in [3.05, 3.63) is 34.4 Å². The third kappa shape index (κ3) is 2.59. The van der Waals surface area contributed by atoms with Gasteiger partial charge in [-0.3, -0.25) is 0 Å². The van der Waals surface area contributed by atoms with Gasteiger partial charge in [0, 0.05) is 5.33 Å². The molecule has 0 aliphatic rings. The van der Waals surface area contributed by atoms with Crippen LogP contribution in [-0.4, -0.2) is 12.6 Å². The maximum atomic E-state index is 11.8. The van der Waals surface area contributed by atoms with Gasteiger partial charge in [0.2, 0.25) is 0 Å². The highest BCUT2D eigenvalue weighted by Crippen LogP contribution is 2.22. The molecule has 0 amide bonds. The predicted octanol–water partition coefficient (Wildman–Crippen LogP) is 3.38. The number of ether oxygens (including phenoxy) is 1. The first-order valence-electron chi connectivity index (χ1n) is 4.94. The van der Waals surface area contributed by atoms with Gasteiger partial charge in [-0.1, -0.05) is 28.1 Å². The Bertz CT molecular complexity index is 372. The largest absolute Gasteiger partial charge is 0.462 e. The van der Waals surface area contributed by atoms with Crippen molar-refractivity contribution in [1.82, 2.24) is 0 Å². The van der Waals surface area contributed by atoms with Crippen molar-refractivity contribution in [2.45, 2.75) is 26.1 Å². The second-order valence-corrected chi connectivity index (χ2v) is 3.97. The molecule has 0 aliphatic carbocycles. The van der Waals surface area contributed by atoms with Crippen molar-refractivity contribution in [2.24, 2.45) is 0 Å². The zero-order chi connectivity index (χ0) is 11.4. The number of alkyl halides is 1. The molecule has 0 saturated carbocycles. The molecule has 0 saturated heterocycles. The van der Waals surface area contributed by atoms with Gasteiger partial charge in [0.05, 0.1) is 12.2 Å². The average molecular weight is 271 g/mol. The van der Waals surface area contributed by atoms with E-state index in [1.807, 2.05) is 32.9 Å². The van der Waals surface area contributed by atoms with Gasteiger partial charge in [-0.15, -0.1) is 0 Å². The van der Waals surface area contributed by atoms with E-state index in [9.17, 15) is 4.79 Å². The molecule has 0 unspecified atom stereocenters. The summed E-state index contributed by atoms with van der Waals surface area (Å²) in [5.74, 6) is -0.229. The SMILES string of the molecule is CCOC(=O)c1c(C)ccc(C)c1CBr. The number of halogens is 1. The Morgan fingerprint density at radius 3 is 2.47 bits per heavy atom. The highest BCUT2D eigenvalue weighted by Gasteiger charge is 2.16. The Balaban J connectivity index is 3.24. The van der Waals surface area contributed by atoms with Crippen LogP contribution in [-0.2, 0) is 10.1 Å². The van der Waals surface area contributed by atoms with E-state index in [-0.39, 0.29) is 5.97 Å². The minimum absolute atomic E-state index is 0.229. The van der Waals surface area contributed by atoms with E-state index in [1.54, 1.807) is 0 Å². The van der Waals surface area contributed by atoms with Gasteiger partial charge in [0.15, 0.2) is 0 Å². The van der Waals surface area contributed by atoms with E-state index >= 15 is 0 Å². The fraction of sp³-hybridized carbons (Fsp3) is 0.417. The molecule has 0 aliphatic heterocycles. The standard InChI is InChI=1S/C12H15BrO2/c1-4-15-12(14)11-9(3)6-5-8(2)10(11)7-13/h5-6H,4,7H2,1-3H3. The van der Waals surface area contributed by atoms with Crippen molar-refractivity contribution < 1.29 is 9.53 Å². The topological polar surface area (TPSA) is 26.3 Å². The monoisotopic (exact) mass is 270 g/mol. The lowest BCUT2D eigenvalue weighted by Crippen LogP contribution is -2.10. The molecule has 0 radical (unpaired) electrons. The van der Waals surface area contributed by atoms with Gasteiger partial charge in [0.25, 0.3) is 0 Å². The van der Waals surface area contributed by atoms with Gasteiger partial charge in [0.1, 0.15) is 0 Å². The quantitative estimate of drug-likeness (QED) is 0.622. The number of benzene rings is 1. The minimum atomic E-state index is -0.229. The van der Waals surface area contributed by atoms with Gasteiger partial charge in [-0.05, 0) is 37.5 Å². The summed E-state index contributed by atoms with van der Waals surface area (Å²) in [6.07, 6.45) is 0. The first-order valence-corrected chi connectivity index (χ1v) is 6.06. The van der Waals surface area contributed by atoms with Crippen LogP contribution in [0, 0.1) is 13.8 Å². The van der Waals surface area contributed by atoms with Crippen LogP contribution in [0.1, 0.15) is 34.0 Å². The number of rotatable bonds is 3. The summed E-state index contributed by atoms with van der Waals surface area (Å²) in [5.41, 5.74) is 3.80. The molecule has 1 rings (SSSR count). The molecule has 82 valence electrons. The Morgan fingerprint density at radius 2 is 1.93 bits per heavy atom. The number of esters is 1. The minimum Gasteiger partial charge on any atom is -0.462 e. The van der Waals surface area contributed by atoms with E-state index < -0.39 is 0 Å². The molecule has 1 aromatic carbocycles. The summed E-state index contributed by atoms with van der Waals surface area (Å²) >= 11 is 3.40. The van der Waals surface area contributed by atoms with E-state index in [2.05, 4.69) is 15.9 Å². The lowest BCUT2D eigenvalue weighted by atomic mass is 9.98. The summed E-state index contributed by atoms with van der Waals surface area (Å²) in [4.78, 5) is 11.8. The van der Waals surface area contributed by atoms with E-state index in [4.69, 9.17) is 4.74 Å². The Hall–Kier alpha value is -0.830. The lowest BCUT2D eigenvalue weighted by Gasteiger charge is -2.12. The van der Waals surface area contributed by atoms with Crippen LogP contribution < -0.4 is 0 Å². The first kappa shape index (κ1) is 12.2. The van der Waals surface area contributed by atoms with Crippen LogP contribution in [0.2, 0.25) is 0 Å². The van der Waals surface area contributed by atoms with Crippen LogP contribution in [0.5, 0.6) is 0 Å².